The molecule has 1 rings (SSSR count). The third-order valence-electron chi connectivity index (χ3n) is 2.05. The van der Waals surface area contributed by atoms with Gasteiger partial charge in [-0.05, 0) is 25.9 Å². The molecule has 1 atom stereocenters. The lowest BCUT2D eigenvalue weighted by Gasteiger charge is -2.17. The van der Waals surface area contributed by atoms with E-state index in [1.54, 1.807) is 0 Å². The molecule has 0 spiro atoms. The van der Waals surface area contributed by atoms with Crippen molar-refractivity contribution in [2.75, 3.05) is 13.1 Å². The van der Waals surface area contributed by atoms with Gasteiger partial charge in [-0.3, -0.25) is 9.69 Å². The Bertz CT molecular complexity index is 136. The maximum absolute atomic E-state index is 10.5. The normalized spacial score (nSPS) is 27.1. The van der Waals surface area contributed by atoms with Gasteiger partial charge in [0.15, 0.2) is 0 Å². The fourth-order valence-electron chi connectivity index (χ4n) is 1.48. The molecule has 0 saturated carbocycles. The summed E-state index contributed by atoms with van der Waals surface area (Å²) in [7, 11) is 0. The number of likely N-dealkylation sites (tertiary alicyclic amines) is 1. The van der Waals surface area contributed by atoms with Gasteiger partial charge in [0.05, 0.1) is 0 Å². The zero-order chi connectivity index (χ0) is 7.56. The van der Waals surface area contributed by atoms with Crippen LogP contribution < -0.4 is 0 Å². The molecule has 1 unspecified atom stereocenters. The number of hydrogen-bond acceptors (Lipinski definition) is 2. The molecule has 0 radical (unpaired) electrons. The number of aliphatic carboxylic acids is 1. The van der Waals surface area contributed by atoms with E-state index in [2.05, 4.69) is 0 Å². The largest absolute Gasteiger partial charge is 0.480 e. The van der Waals surface area contributed by atoms with Crippen molar-refractivity contribution in [2.24, 2.45) is 0 Å². The van der Waals surface area contributed by atoms with Crippen LogP contribution in [0.5, 0.6) is 0 Å². The van der Waals surface area contributed by atoms with E-state index in [4.69, 9.17) is 5.11 Å². The first-order chi connectivity index (χ1) is 4.75. The molecule has 3 nitrogen and oxygen atoms in total. The third-order valence-corrected chi connectivity index (χ3v) is 2.05. The van der Waals surface area contributed by atoms with Crippen LogP contribution in [0.1, 0.15) is 19.8 Å². The molecule has 58 valence electrons. The summed E-state index contributed by atoms with van der Waals surface area (Å²) in [4.78, 5) is 12.5. The molecule has 1 aliphatic rings. The summed E-state index contributed by atoms with van der Waals surface area (Å²) in [5.41, 5.74) is 0. The molecule has 3 heteroatoms. The van der Waals surface area contributed by atoms with Gasteiger partial charge in [-0.1, -0.05) is 6.92 Å². The van der Waals surface area contributed by atoms with E-state index in [9.17, 15) is 4.79 Å². The molecule has 0 aromatic carbocycles. The van der Waals surface area contributed by atoms with Crippen LogP contribution in [-0.4, -0.2) is 35.1 Å². The van der Waals surface area contributed by atoms with Crippen LogP contribution in [-0.2, 0) is 4.79 Å². The highest BCUT2D eigenvalue weighted by atomic mass is 16.4. The summed E-state index contributed by atoms with van der Waals surface area (Å²) in [5, 5.41) is 8.67. The van der Waals surface area contributed by atoms with E-state index < -0.39 is 5.97 Å². The monoisotopic (exact) mass is 143 g/mol. The van der Waals surface area contributed by atoms with E-state index in [0.29, 0.717) is 0 Å². The van der Waals surface area contributed by atoms with E-state index in [1.807, 2.05) is 11.8 Å². The SMILES string of the molecule is CCN1CCCC1C(=O)O. The predicted molar refractivity (Wildman–Crippen MR) is 37.9 cm³/mol. The minimum atomic E-state index is -0.667. The second-order valence-electron chi connectivity index (χ2n) is 2.62. The maximum atomic E-state index is 10.5. The summed E-state index contributed by atoms with van der Waals surface area (Å²) in [6, 6.07) is -0.204. The van der Waals surface area contributed by atoms with Gasteiger partial charge in [-0.25, -0.2) is 0 Å². The topological polar surface area (TPSA) is 40.5 Å². The molecule has 1 saturated heterocycles. The van der Waals surface area contributed by atoms with Crippen LogP contribution in [0.25, 0.3) is 0 Å². The van der Waals surface area contributed by atoms with Crippen molar-refractivity contribution < 1.29 is 9.90 Å². The van der Waals surface area contributed by atoms with Crippen LogP contribution in [0.15, 0.2) is 0 Å². The summed E-state index contributed by atoms with van der Waals surface area (Å²) in [6.07, 6.45) is 1.86. The quantitative estimate of drug-likeness (QED) is 0.614. The van der Waals surface area contributed by atoms with E-state index >= 15 is 0 Å². The number of carboxylic acids is 1. The number of carboxylic acid groups (broad SMARTS) is 1. The van der Waals surface area contributed by atoms with Gasteiger partial charge in [0.2, 0.25) is 0 Å². The standard InChI is InChI=1S/C7H13NO2/c1-2-8-5-3-4-6(8)7(9)10/h6H,2-5H2,1H3,(H,9,10). The van der Waals surface area contributed by atoms with Crippen molar-refractivity contribution in [1.82, 2.24) is 4.90 Å². The predicted octanol–water partition coefficient (Wildman–Crippen LogP) is 0.555. The smallest absolute Gasteiger partial charge is 0.320 e. The average Bonchev–Trinajstić information content (AvgIpc) is 2.33. The first-order valence-electron chi connectivity index (χ1n) is 3.72. The highest BCUT2D eigenvalue weighted by molar-refractivity contribution is 5.73. The van der Waals surface area contributed by atoms with Gasteiger partial charge < -0.3 is 5.11 Å². The average molecular weight is 143 g/mol. The molecule has 1 heterocycles. The van der Waals surface area contributed by atoms with Crippen LogP contribution in [0.4, 0.5) is 0 Å². The zero-order valence-corrected chi connectivity index (χ0v) is 6.21. The van der Waals surface area contributed by atoms with Crippen molar-refractivity contribution in [3.63, 3.8) is 0 Å². The molecular formula is C7H13NO2. The third kappa shape index (κ3) is 1.29. The Morgan fingerprint density at radius 1 is 1.80 bits per heavy atom. The van der Waals surface area contributed by atoms with Crippen LogP contribution in [0.2, 0.25) is 0 Å². The fourth-order valence-corrected chi connectivity index (χ4v) is 1.48. The van der Waals surface area contributed by atoms with Crippen molar-refractivity contribution >= 4 is 5.97 Å². The molecule has 0 bridgehead atoms. The Morgan fingerprint density at radius 3 is 2.90 bits per heavy atom. The van der Waals surface area contributed by atoms with Gasteiger partial charge >= 0.3 is 5.97 Å². The second-order valence-corrected chi connectivity index (χ2v) is 2.62. The molecule has 1 N–H and O–H groups in total. The summed E-state index contributed by atoms with van der Waals surface area (Å²) in [5.74, 6) is -0.667. The number of hydrogen-bond donors (Lipinski definition) is 1. The Labute approximate surface area is 60.6 Å². The van der Waals surface area contributed by atoms with E-state index in [0.717, 1.165) is 25.9 Å². The second kappa shape index (κ2) is 3.01. The fraction of sp³-hybridized carbons (Fsp3) is 0.857. The molecule has 10 heavy (non-hydrogen) atoms. The number of carbonyl (C=O) groups is 1. The summed E-state index contributed by atoms with van der Waals surface area (Å²) >= 11 is 0. The van der Waals surface area contributed by atoms with E-state index in [-0.39, 0.29) is 6.04 Å². The van der Waals surface area contributed by atoms with Crippen molar-refractivity contribution in [3.05, 3.63) is 0 Å². The summed E-state index contributed by atoms with van der Waals surface area (Å²) < 4.78 is 0. The minimum absolute atomic E-state index is 0.204. The van der Waals surface area contributed by atoms with Gasteiger partial charge in [-0.15, -0.1) is 0 Å². The molecular weight excluding hydrogens is 130 g/mol. The number of nitrogens with zero attached hydrogens (tertiary/aromatic N) is 1. The van der Waals surface area contributed by atoms with Gasteiger partial charge in [0.25, 0.3) is 0 Å². The Hall–Kier alpha value is -0.570. The highest BCUT2D eigenvalue weighted by Gasteiger charge is 2.28. The highest BCUT2D eigenvalue weighted by Crippen LogP contribution is 2.15. The van der Waals surface area contributed by atoms with Gasteiger partial charge in [0, 0.05) is 0 Å². The molecule has 1 fully saturated rings. The van der Waals surface area contributed by atoms with Gasteiger partial charge in [0.1, 0.15) is 6.04 Å². The Morgan fingerprint density at radius 2 is 2.50 bits per heavy atom. The molecule has 1 aliphatic heterocycles. The first kappa shape index (κ1) is 7.54. The zero-order valence-electron chi connectivity index (χ0n) is 6.21. The van der Waals surface area contributed by atoms with Crippen LogP contribution in [0.3, 0.4) is 0 Å². The van der Waals surface area contributed by atoms with Crippen LogP contribution >= 0.6 is 0 Å². The van der Waals surface area contributed by atoms with Gasteiger partial charge in [-0.2, -0.15) is 0 Å². The molecule has 0 amide bonds. The maximum Gasteiger partial charge on any atom is 0.320 e. The number of likely N-dealkylation sites (N-methyl/N-ethyl adjacent to an activating group) is 1. The lowest BCUT2D eigenvalue weighted by Crippen LogP contribution is -2.35. The molecule has 0 aromatic heterocycles. The minimum Gasteiger partial charge on any atom is -0.480 e. The lowest BCUT2D eigenvalue weighted by molar-refractivity contribution is -0.142. The molecule has 0 aromatic rings. The van der Waals surface area contributed by atoms with Crippen molar-refractivity contribution in [1.29, 1.82) is 0 Å². The number of rotatable bonds is 2. The molecule has 0 aliphatic carbocycles. The van der Waals surface area contributed by atoms with E-state index in [1.165, 1.54) is 0 Å². The summed E-state index contributed by atoms with van der Waals surface area (Å²) in [6.45, 7) is 3.81. The van der Waals surface area contributed by atoms with Crippen molar-refractivity contribution in [3.8, 4) is 0 Å². The Balaban J connectivity index is 2.50. The Kier molecular flexibility index (Phi) is 2.27. The van der Waals surface area contributed by atoms with Crippen LogP contribution in [0, 0.1) is 0 Å². The first-order valence-corrected chi connectivity index (χ1v) is 3.72. The lowest BCUT2D eigenvalue weighted by atomic mass is 10.2. The van der Waals surface area contributed by atoms with Crippen molar-refractivity contribution in [2.45, 2.75) is 25.8 Å².